The molecule has 0 heterocycles. The first-order valence-electron chi connectivity index (χ1n) is 6.99. The summed E-state index contributed by atoms with van der Waals surface area (Å²) in [7, 11) is 0. The molecule has 0 aliphatic carbocycles. The highest BCUT2D eigenvalue weighted by atomic mass is 19.1. The Morgan fingerprint density at radius 1 is 1.27 bits per heavy atom. The van der Waals surface area contributed by atoms with Crippen molar-refractivity contribution in [2.75, 3.05) is 6.54 Å². The van der Waals surface area contributed by atoms with Crippen LogP contribution in [0.4, 0.5) is 9.18 Å². The molecule has 2 rings (SSSR count). The van der Waals surface area contributed by atoms with Crippen LogP contribution in [0.25, 0.3) is 0 Å². The van der Waals surface area contributed by atoms with E-state index in [-0.39, 0.29) is 18.3 Å². The number of ether oxygens (including phenoxy) is 1. The third kappa shape index (κ3) is 4.48. The number of nitrogens with one attached hydrogen (secondary N) is 1. The number of hydrogen-bond donors (Lipinski definition) is 2. The largest absolute Gasteiger partial charge is 0.505 e. The topological polar surface area (TPSA) is 58.6 Å². The van der Waals surface area contributed by atoms with E-state index < -0.39 is 11.9 Å². The smallest absolute Gasteiger partial charge is 0.407 e. The van der Waals surface area contributed by atoms with E-state index in [1.807, 2.05) is 37.3 Å². The van der Waals surface area contributed by atoms with Crippen LogP contribution in [0, 0.1) is 5.82 Å². The van der Waals surface area contributed by atoms with Crippen LogP contribution in [0.5, 0.6) is 5.75 Å². The van der Waals surface area contributed by atoms with Crippen molar-refractivity contribution in [1.29, 1.82) is 0 Å². The number of aromatic hydroxyl groups is 1. The second kappa shape index (κ2) is 7.45. The quantitative estimate of drug-likeness (QED) is 0.888. The van der Waals surface area contributed by atoms with Gasteiger partial charge in [-0.05, 0) is 29.2 Å². The van der Waals surface area contributed by atoms with Gasteiger partial charge < -0.3 is 15.2 Å². The molecule has 0 saturated heterocycles. The van der Waals surface area contributed by atoms with Crippen LogP contribution in [0.2, 0.25) is 0 Å². The summed E-state index contributed by atoms with van der Waals surface area (Å²) in [5.41, 5.74) is 1.60. The molecular formula is C17H18FNO3. The SMILES string of the molecule is CC(CNC(=O)OCc1ccccc1)c1ccc(O)c(F)c1. The number of benzene rings is 2. The van der Waals surface area contributed by atoms with Crippen molar-refractivity contribution in [3.8, 4) is 5.75 Å². The molecule has 22 heavy (non-hydrogen) atoms. The van der Waals surface area contributed by atoms with Crippen molar-refractivity contribution in [2.45, 2.75) is 19.4 Å². The molecule has 0 aliphatic rings. The number of phenolic OH excluding ortho intramolecular Hbond substituents is 1. The lowest BCUT2D eigenvalue weighted by Gasteiger charge is -2.13. The van der Waals surface area contributed by atoms with Crippen molar-refractivity contribution in [3.05, 3.63) is 65.5 Å². The highest BCUT2D eigenvalue weighted by molar-refractivity contribution is 5.67. The number of amides is 1. The Morgan fingerprint density at radius 2 is 2.00 bits per heavy atom. The molecule has 1 unspecified atom stereocenters. The average Bonchev–Trinajstić information content (AvgIpc) is 2.54. The van der Waals surface area contributed by atoms with Gasteiger partial charge in [0.05, 0.1) is 0 Å². The number of halogens is 1. The lowest BCUT2D eigenvalue weighted by atomic mass is 10.0. The minimum Gasteiger partial charge on any atom is -0.505 e. The molecule has 1 atom stereocenters. The summed E-state index contributed by atoms with van der Waals surface area (Å²) in [5.74, 6) is -1.15. The van der Waals surface area contributed by atoms with E-state index in [1.165, 1.54) is 12.1 Å². The fraction of sp³-hybridized carbons (Fsp3) is 0.235. The lowest BCUT2D eigenvalue weighted by molar-refractivity contribution is 0.139. The highest BCUT2D eigenvalue weighted by Gasteiger charge is 2.11. The number of carbonyl (C=O) groups is 1. The molecule has 0 fully saturated rings. The van der Waals surface area contributed by atoms with Crippen LogP contribution < -0.4 is 5.32 Å². The minimum atomic E-state index is -0.670. The van der Waals surface area contributed by atoms with Gasteiger partial charge in [0.2, 0.25) is 0 Å². The molecule has 0 saturated carbocycles. The summed E-state index contributed by atoms with van der Waals surface area (Å²) >= 11 is 0. The monoisotopic (exact) mass is 303 g/mol. The molecule has 5 heteroatoms. The zero-order valence-electron chi connectivity index (χ0n) is 12.3. The van der Waals surface area contributed by atoms with E-state index in [0.717, 1.165) is 5.56 Å². The number of alkyl carbamates (subject to hydrolysis) is 1. The third-order valence-corrected chi connectivity index (χ3v) is 3.31. The van der Waals surface area contributed by atoms with E-state index >= 15 is 0 Å². The first-order chi connectivity index (χ1) is 10.6. The van der Waals surface area contributed by atoms with Crippen molar-refractivity contribution in [2.24, 2.45) is 0 Å². The van der Waals surface area contributed by atoms with E-state index in [1.54, 1.807) is 6.07 Å². The maximum atomic E-state index is 13.3. The molecule has 2 N–H and O–H groups in total. The molecule has 0 bridgehead atoms. The van der Waals surface area contributed by atoms with Crippen LogP contribution in [-0.2, 0) is 11.3 Å². The molecule has 0 aromatic heterocycles. The van der Waals surface area contributed by atoms with Crippen LogP contribution in [0.1, 0.15) is 24.0 Å². The van der Waals surface area contributed by atoms with Gasteiger partial charge in [-0.3, -0.25) is 0 Å². The van der Waals surface area contributed by atoms with Crippen molar-refractivity contribution >= 4 is 6.09 Å². The van der Waals surface area contributed by atoms with Gasteiger partial charge in [-0.25, -0.2) is 9.18 Å². The molecule has 0 aliphatic heterocycles. The van der Waals surface area contributed by atoms with Crippen molar-refractivity contribution in [3.63, 3.8) is 0 Å². The first kappa shape index (κ1) is 15.8. The zero-order chi connectivity index (χ0) is 15.9. The summed E-state index contributed by atoms with van der Waals surface area (Å²) in [6.07, 6.45) is -0.519. The van der Waals surface area contributed by atoms with Gasteiger partial charge in [0, 0.05) is 6.54 Å². The maximum absolute atomic E-state index is 13.3. The van der Waals surface area contributed by atoms with Gasteiger partial charge in [0.25, 0.3) is 0 Å². The van der Waals surface area contributed by atoms with Crippen molar-refractivity contribution in [1.82, 2.24) is 5.32 Å². The van der Waals surface area contributed by atoms with Gasteiger partial charge in [-0.15, -0.1) is 0 Å². The third-order valence-electron chi connectivity index (χ3n) is 3.31. The molecule has 0 spiro atoms. The normalized spacial score (nSPS) is 11.7. The number of phenols is 1. The van der Waals surface area contributed by atoms with Crippen LogP contribution >= 0.6 is 0 Å². The van der Waals surface area contributed by atoms with Gasteiger partial charge in [0.15, 0.2) is 11.6 Å². The maximum Gasteiger partial charge on any atom is 0.407 e. The Bertz CT molecular complexity index is 631. The fourth-order valence-electron chi connectivity index (χ4n) is 1.96. The summed E-state index contributed by atoms with van der Waals surface area (Å²) in [5, 5.41) is 11.8. The second-order valence-electron chi connectivity index (χ2n) is 5.05. The van der Waals surface area contributed by atoms with E-state index in [9.17, 15) is 9.18 Å². The second-order valence-corrected chi connectivity index (χ2v) is 5.05. The highest BCUT2D eigenvalue weighted by Crippen LogP contribution is 2.21. The molecule has 116 valence electrons. The Hall–Kier alpha value is -2.56. The standard InChI is InChI=1S/C17H18FNO3/c1-12(14-7-8-16(20)15(18)9-14)10-19-17(21)22-11-13-5-3-2-4-6-13/h2-9,12,20H,10-11H2,1H3,(H,19,21). The number of rotatable bonds is 5. The predicted octanol–water partition coefficient (Wildman–Crippen LogP) is 3.56. The van der Waals surface area contributed by atoms with E-state index in [2.05, 4.69) is 5.32 Å². The Morgan fingerprint density at radius 3 is 2.68 bits per heavy atom. The van der Waals surface area contributed by atoms with Gasteiger partial charge in [0.1, 0.15) is 6.61 Å². The Labute approximate surface area is 128 Å². The van der Waals surface area contributed by atoms with Gasteiger partial charge in [-0.1, -0.05) is 43.3 Å². The van der Waals surface area contributed by atoms with Crippen LogP contribution in [-0.4, -0.2) is 17.7 Å². The van der Waals surface area contributed by atoms with E-state index in [4.69, 9.17) is 9.84 Å². The van der Waals surface area contributed by atoms with E-state index in [0.29, 0.717) is 12.1 Å². The van der Waals surface area contributed by atoms with Gasteiger partial charge in [-0.2, -0.15) is 0 Å². The Balaban J connectivity index is 1.79. The molecule has 2 aromatic carbocycles. The number of hydrogen-bond acceptors (Lipinski definition) is 3. The molecular weight excluding hydrogens is 285 g/mol. The molecule has 0 radical (unpaired) electrons. The summed E-state index contributed by atoms with van der Waals surface area (Å²) in [6.45, 7) is 2.37. The summed E-state index contributed by atoms with van der Waals surface area (Å²) < 4.78 is 18.4. The summed E-state index contributed by atoms with van der Waals surface area (Å²) in [6, 6.07) is 13.6. The average molecular weight is 303 g/mol. The lowest BCUT2D eigenvalue weighted by Crippen LogP contribution is -2.28. The number of carbonyl (C=O) groups excluding carboxylic acids is 1. The molecule has 4 nitrogen and oxygen atoms in total. The molecule has 2 aromatic rings. The fourth-order valence-corrected chi connectivity index (χ4v) is 1.96. The van der Waals surface area contributed by atoms with Crippen molar-refractivity contribution < 1.29 is 19.0 Å². The predicted molar refractivity (Wildman–Crippen MR) is 81.1 cm³/mol. The van der Waals surface area contributed by atoms with Gasteiger partial charge >= 0.3 is 6.09 Å². The Kier molecular flexibility index (Phi) is 5.36. The summed E-state index contributed by atoms with van der Waals surface area (Å²) in [4.78, 5) is 11.6. The van der Waals surface area contributed by atoms with Crippen LogP contribution in [0.3, 0.4) is 0 Å². The first-order valence-corrected chi connectivity index (χ1v) is 6.99. The zero-order valence-corrected chi connectivity index (χ0v) is 12.3. The minimum absolute atomic E-state index is 0.0978. The van der Waals surface area contributed by atoms with Crippen LogP contribution in [0.15, 0.2) is 48.5 Å². The molecule has 1 amide bonds.